The second kappa shape index (κ2) is 21.9. The van der Waals surface area contributed by atoms with E-state index in [0.29, 0.717) is 0 Å². The number of ether oxygens (including phenoxy) is 1. The van der Waals surface area contributed by atoms with Crippen molar-refractivity contribution >= 4 is 5.97 Å². The van der Waals surface area contributed by atoms with Crippen LogP contribution >= 0.6 is 0 Å². The summed E-state index contributed by atoms with van der Waals surface area (Å²) in [6.07, 6.45) is 5.25. The van der Waals surface area contributed by atoms with Gasteiger partial charge in [-0.05, 0) is 41.5 Å². The first-order valence-electron chi connectivity index (χ1n) is 6.22. The number of hydrogen-bond donors (Lipinski definition) is 1. The van der Waals surface area contributed by atoms with Crippen LogP contribution in [0, 0.1) is 5.41 Å². The molecule has 0 saturated carbocycles. The van der Waals surface area contributed by atoms with E-state index < -0.39 is 5.41 Å². The number of esters is 1. The molecule has 0 amide bonds. The van der Waals surface area contributed by atoms with Crippen LogP contribution in [0.3, 0.4) is 0 Å². The summed E-state index contributed by atoms with van der Waals surface area (Å²) in [7, 11) is 0. The molecule has 3 nitrogen and oxygen atoms in total. The van der Waals surface area contributed by atoms with Gasteiger partial charge in [0.2, 0.25) is 0 Å². The van der Waals surface area contributed by atoms with E-state index in [0.717, 1.165) is 0 Å². The first kappa shape index (κ1) is 26.3. The standard InChI is InChI=1S/C7H14O3.3C3H6/c1-7(2,3)6(9)10-5-4-8;3*1-3-2/h8H,4-5H2,1-3H3;3*3H,1H2,2H3. The van der Waals surface area contributed by atoms with Crippen LogP contribution in [0.5, 0.6) is 0 Å². The van der Waals surface area contributed by atoms with Crippen molar-refractivity contribution in [1.82, 2.24) is 0 Å². The van der Waals surface area contributed by atoms with E-state index in [-0.39, 0.29) is 19.2 Å². The summed E-state index contributed by atoms with van der Waals surface area (Å²) < 4.78 is 4.67. The minimum atomic E-state index is -0.463. The highest BCUT2D eigenvalue weighted by Crippen LogP contribution is 2.14. The van der Waals surface area contributed by atoms with Crippen LogP contribution in [0.2, 0.25) is 0 Å². The summed E-state index contributed by atoms with van der Waals surface area (Å²) in [6.45, 7) is 21.0. The van der Waals surface area contributed by atoms with Crippen molar-refractivity contribution in [2.45, 2.75) is 41.5 Å². The van der Waals surface area contributed by atoms with Gasteiger partial charge in [-0.2, -0.15) is 0 Å². The summed E-state index contributed by atoms with van der Waals surface area (Å²) in [5.74, 6) is -0.276. The quantitative estimate of drug-likeness (QED) is 0.607. The molecule has 0 bridgehead atoms. The topological polar surface area (TPSA) is 46.5 Å². The maximum Gasteiger partial charge on any atom is 0.311 e. The lowest BCUT2D eigenvalue weighted by Crippen LogP contribution is -2.24. The Balaban J connectivity index is -0.000000103. The fourth-order valence-corrected chi connectivity index (χ4v) is 0.355. The third-order valence-electron chi connectivity index (χ3n) is 0.937. The monoisotopic (exact) mass is 272 g/mol. The fraction of sp³-hybridized carbons (Fsp3) is 0.562. The third-order valence-corrected chi connectivity index (χ3v) is 0.937. The number of hydrogen-bond acceptors (Lipinski definition) is 3. The predicted octanol–water partition coefficient (Wildman–Crippen LogP) is 4.14. The molecule has 114 valence electrons. The van der Waals surface area contributed by atoms with Gasteiger partial charge >= 0.3 is 5.97 Å². The Kier molecular flexibility index (Phi) is 30.3. The van der Waals surface area contributed by atoms with E-state index in [4.69, 9.17) is 5.11 Å². The lowest BCUT2D eigenvalue weighted by molar-refractivity contribution is -0.153. The number of carbonyl (C=O) groups excluding carboxylic acids is 1. The van der Waals surface area contributed by atoms with Gasteiger partial charge in [-0.15, -0.1) is 19.7 Å². The van der Waals surface area contributed by atoms with E-state index in [1.165, 1.54) is 0 Å². The van der Waals surface area contributed by atoms with Gasteiger partial charge in [-0.25, -0.2) is 0 Å². The molecule has 1 N–H and O–H groups in total. The number of rotatable bonds is 2. The Morgan fingerprint density at radius 3 is 1.47 bits per heavy atom. The van der Waals surface area contributed by atoms with Crippen LogP contribution < -0.4 is 0 Å². The lowest BCUT2D eigenvalue weighted by Gasteiger charge is -2.15. The number of allylic oxidation sites excluding steroid dienone is 3. The number of carbonyl (C=O) groups is 1. The van der Waals surface area contributed by atoms with Gasteiger partial charge in [0.25, 0.3) is 0 Å². The normalized spacial score (nSPS) is 7.95. The number of aliphatic hydroxyl groups excluding tert-OH is 1. The average molecular weight is 272 g/mol. The van der Waals surface area contributed by atoms with Crippen molar-refractivity contribution in [1.29, 1.82) is 0 Å². The maximum absolute atomic E-state index is 10.9. The van der Waals surface area contributed by atoms with Crippen molar-refractivity contribution in [2.24, 2.45) is 5.41 Å². The van der Waals surface area contributed by atoms with Gasteiger partial charge in [0.15, 0.2) is 0 Å². The Morgan fingerprint density at radius 1 is 1.05 bits per heavy atom. The van der Waals surface area contributed by atoms with Crippen molar-refractivity contribution in [3.63, 3.8) is 0 Å². The Morgan fingerprint density at radius 2 is 1.32 bits per heavy atom. The molecule has 0 aliphatic carbocycles. The Hall–Kier alpha value is -1.35. The van der Waals surface area contributed by atoms with Gasteiger partial charge in [0, 0.05) is 0 Å². The van der Waals surface area contributed by atoms with Gasteiger partial charge in [-0.3, -0.25) is 4.79 Å². The summed E-state index contributed by atoms with van der Waals surface area (Å²) in [4.78, 5) is 10.9. The summed E-state index contributed by atoms with van der Waals surface area (Å²) >= 11 is 0. The molecule has 3 heteroatoms. The second-order valence-electron chi connectivity index (χ2n) is 4.33. The summed E-state index contributed by atoms with van der Waals surface area (Å²) in [6, 6.07) is 0. The van der Waals surface area contributed by atoms with Crippen molar-refractivity contribution < 1.29 is 14.6 Å². The largest absolute Gasteiger partial charge is 0.463 e. The molecule has 0 aliphatic rings. The highest BCUT2D eigenvalue weighted by atomic mass is 16.5. The van der Waals surface area contributed by atoms with Crippen molar-refractivity contribution in [2.75, 3.05) is 13.2 Å². The average Bonchev–Trinajstić information content (AvgIpc) is 2.27. The molecule has 19 heavy (non-hydrogen) atoms. The molecule has 0 radical (unpaired) electrons. The molecule has 0 aromatic rings. The third kappa shape index (κ3) is 47.8. The first-order chi connectivity index (χ1) is 8.72. The predicted molar refractivity (Wildman–Crippen MR) is 85.1 cm³/mol. The second-order valence-corrected chi connectivity index (χ2v) is 4.33. The van der Waals surface area contributed by atoms with E-state index in [2.05, 4.69) is 24.5 Å². The number of aliphatic hydroxyl groups is 1. The zero-order valence-corrected chi connectivity index (χ0v) is 13.5. The molecule has 0 unspecified atom stereocenters. The molecular formula is C16H32O3. The van der Waals surface area contributed by atoms with Crippen LogP contribution in [0.25, 0.3) is 0 Å². The van der Waals surface area contributed by atoms with Crippen LogP contribution in [-0.4, -0.2) is 24.3 Å². The van der Waals surface area contributed by atoms with Crippen LogP contribution in [0.1, 0.15) is 41.5 Å². The molecule has 0 aromatic carbocycles. The van der Waals surface area contributed by atoms with Crippen molar-refractivity contribution in [3.8, 4) is 0 Å². The van der Waals surface area contributed by atoms with Gasteiger partial charge in [0.1, 0.15) is 6.61 Å². The minimum Gasteiger partial charge on any atom is -0.463 e. The zero-order valence-electron chi connectivity index (χ0n) is 13.5. The molecule has 0 aliphatic heterocycles. The van der Waals surface area contributed by atoms with E-state index in [1.807, 2.05) is 20.8 Å². The highest BCUT2D eigenvalue weighted by Gasteiger charge is 2.22. The van der Waals surface area contributed by atoms with E-state index in [1.54, 1.807) is 39.0 Å². The van der Waals surface area contributed by atoms with E-state index >= 15 is 0 Å². The molecule has 0 saturated heterocycles. The summed E-state index contributed by atoms with van der Waals surface area (Å²) in [5, 5.41) is 8.30. The van der Waals surface area contributed by atoms with Crippen LogP contribution in [0.4, 0.5) is 0 Å². The molecular weight excluding hydrogens is 240 g/mol. The molecule has 0 fully saturated rings. The molecule has 0 aromatic heterocycles. The van der Waals surface area contributed by atoms with Crippen molar-refractivity contribution in [3.05, 3.63) is 38.0 Å². The molecule has 0 spiro atoms. The van der Waals surface area contributed by atoms with Gasteiger partial charge in [0.05, 0.1) is 12.0 Å². The Bertz CT molecular complexity index is 198. The van der Waals surface area contributed by atoms with Gasteiger partial charge in [-0.1, -0.05) is 18.2 Å². The van der Waals surface area contributed by atoms with Crippen LogP contribution in [-0.2, 0) is 9.53 Å². The molecule has 0 heterocycles. The first-order valence-corrected chi connectivity index (χ1v) is 6.22. The minimum absolute atomic E-state index is 0.0934. The Labute approximate surface area is 119 Å². The maximum atomic E-state index is 10.9. The molecule has 0 atom stereocenters. The van der Waals surface area contributed by atoms with Crippen LogP contribution in [0.15, 0.2) is 38.0 Å². The molecule has 0 rings (SSSR count). The summed E-state index contributed by atoms with van der Waals surface area (Å²) in [5.41, 5.74) is -0.463. The fourth-order valence-electron chi connectivity index (χ4n) is 0.355. The van der Waals surface area contributed by atoms with Gasteiger partial charge < -0.3 is 9.84 Å². The zero-order chi connectivity index (χ0) is 16.3. The lowest BCUT2D eigenvalue weighted by atomic mass is 9.97. The van der Waals surface area contributed by atoms with E-state index in [9.17, 15) is 4.79 Å². The highest BCUT2D eigenvalue weighted by molar-refractivity contribution is 5.75. The SMILES string of the molecule is C=CC.C=CC.C=CC.CC(C)(C)C(=O)OCCO. The smallest absolute Gasteiger partial charge is 0.311 e.